The van der Waals surface area contributed by atoms with Gasteiger partial charge in [0.15, 0.2) is 5.11 Å². The SMILES string of the molecule is Cc1ccccc1C(NC(=S)Nc1ccc(C(=O)N(C)C)cc1)c1ccccc1. The Labute approximate surface area is 177 Å². The number of benzene rings is 3. The normalized spacial score (nSPS) is 11.4. The standard InChI is InChI=1S/C24H25N3OS/c1-17-9-7-8-12-21(17)22(18-10-5-4-6-11-18)26-24(29)25-20-15-13-19(14-16-20)23(28)27(2)3/h4-16,22H,1-3H3,(H2,25,26,29). The number of nitrogens with zero attached hydrogens (tertiary/aromatic N) is 1. The molecular weight excluding hydrogens is 378 g/mol. The molecule has 3 aromatic rings. The van der Waals surface area contributed by atoms with Crippen molar-refractivity contribution < 1.29 is 4.79 Å². The van der Waals surface area contributed by atoms with E-state index in [9.17, 15) is 4.79 Å². The lowest BCUT2D eigenvalue weighted by molar-refractivity contribution is 0.0827. The Kier molecular flexibility index (Phi) is 6.62. The second-order valence-corrected chi connectivity index (χ2v) is 7.48. The maximum Gasteiger partial charge on any atom is 0.253 e. The lowest BCUT2D eigenvalue weighted by Crippen LogP contribution is -2.33. The van der Waals surface area contributed by atoms with Gasteiger partial charge < -0.3 is 15.5 Å². The number of carbonyl (C=O) groups excluding carboxylic acids is 1. The van der Waals surface area contributed by atoms with Crippen molar-refractivity contribution in [1.29, 1.82) is 0 Å². The second-order valence-electron chi connectivity index (χ2n) is 7.08. The van der Waals surface area contributed by atoms with Crippen molar-refractivity contribution in [3.8, 4) is 0 Å². The summed E-state index contributed by atoms with van der Waals surface area (Å²) >= 11 is 5.58. The molecule has 1 atom stereocenters. The first-order valence-corrected chi connectivity index (χ1v) is 9.86. The molecule has 3 aromatic carbocycles. The smallest absolute Gasteiger partial charge is 0.253 e. The monoisotopic (exact) mass is 403 g/mol. The highest BCUT2D eigenvalue weighted by molar-refractivity contribution is 7.80. The van der Waals surface area contributed by atoms with Gasteiger partial charge in [0.2, 0.25) is 0 Å². The lowest BCUT2D eigenvalue weighted by atomic mass is 9.95. The van der Waals surface area contributed by atoms with E-state index in [2.05, 4.69) is 41.8 Å². The number of hydrogen-bond acceptors (Lipinski definition) is 2. The Morgan fingerprint density at radius 3 is 2.14 bits per heavy atom. The van der Waals surface area contributed by atoms with Crippen LogP contribution in [0, 0.1) is 6.92 Å². The van der Waals surface area contributed by atoms with Crippen molar-refractivity contribution in [3.05, 3.63) is 101 Å². The summed E-state index contributed by atoms with van der Waals surface area (Å²) in [6, 6.07) is 25.8. The first kappa shape index (κ1) is 20.6. The molecule has 2 N–H and O–H groups in total. The van der Waals surface area contributed by atoms with Gasteiger partial charge in [0.05, 0.1) is 6.04 Å². The number of carbonyl (C=O) groups is 1. The number of hydrogen-bond donors (Lipinski definition) is 2. The Hall–Kier alpha value is -3.18. The Balaban J connectivity index is 1.77. The molecule has 0 saturated carbocycles. The number of rotatable bonds is 5. The van der Waals surface area contributed by atoms with Crippen molar-refractivity contribution in [2.45, 2.75) is 13.0 Å². The predicted octanol–water partition coefficient (Wildman–Crippen LogP) is 4.77. The van der Waals surface area contributed by atoms with Crippen LogP contribution in [0.4, 0.5) is 5.69 Å². The molecule has 1 unspecified atom stereocenters. The molecule has 4 nitrogen and oxygen atoms in total. The van der Waals surface area contributed by atoms with E-state index < -0.39 is 0 Å². The summed E-state index contributed by atoms with van der Waals surface area (Å²) in [5.74, 6) is -0.0269. The van der Waals surface area contributed by atoms with E-state index in [0.717, 1.165) is 11.3 Å². The minimum Gasteiger partial charge on any atom is -0.352 e. The molecule has 29 heavy (non-hydrogen) atoms. The molecule has 148 valence electrons. The fraction of sp³-hybridized carbons (Fsp3) is 0.167. The highest BCUT2D eigenvalue weighted by Gasteiger charge is 2.17. The molecule has 0 fully saturated rings. The first-order valence-electron chi connectivity index (χ1n) is 9.45. The van der Waals surface area contributed by atoms with E-state index in [1.54, 1.807) is 31.1 Å². The van der Waals surface area contributed by atoms with Crippen LogP contribution < -0.4 is 10.6 Å². The third-order valence-corrected chi connectivity index (χ3v) is 4.92. The average molecular weight is 404 g/mol. The van der Waals surface area contributed by atoms with Gasteiger partial charge in [-0.1, -0.05) is 54.6 Å². The number of thiocarbonyl (C=S) groups is 1. The summed E-state index contributed by atoms with van der Waals surface area (Å²) in [4.78, 5) is 13.6. The van der Waals surface area contributed by atoms with E-state index >= 15 is 0 Å². The molecule has 5 heteroatoms. The van der Waals surface area contributed by atoms with Crippen LogP contribution in [0.2, 0.25) is 0 Å². The summed E-state index contributed by atoms with van der Waals surface area (Å²) in [6.07, 6.45) is 0. The van der Waals surface area contributed by atoms with Gasteiger partial charge in [-0.2, -0.15) is 0 Å². The zero-order valence-electron chi connectivity index (χ0n) is 16.8. The summed E-state index contributed by atoms with van der Waals surface area (Å²) in [7, 11) is 3.48. The van der Waals surface area contributed by atoms with Crippen molar-refractivity contribution in [2.75, 3.05) is 19.4 Å². The number of anilines is 1. The van der Waals surface area contributed by atoms with Crippen molar-refractivity contribution in [3.63, 3.8) is 0 Å². The predicted molar refractivity (Wildman–Crippen MR) is 123 cm³/mol. The molecule has 0 bridgehead atoms. The van der Waals surface area contributed by atoms with E-state index in [4.69, 9.17) is 12.2 Å². The third kappa shape index (κ3) is 5.21. The molecule has 0 aliphatic carbocycles. The first-order chi connectivity index (χ1) is 14.0. The zero-order valence-corrected chi connectivity index (χ0v) is 17.7. The molecule has 0 saturated heterocycles. The second kappa shape index (κ2) is 9.34. The van der Waals surface area contributed by atoms with E-state index in [1.807, 2.05) is 42.5 Å². The molecule has 0 aromatic heterocycles. The van der Waals surface area contributed by atoms with Gasteiger partial charge in [-0.15, -0.1) is 0 Å². The van der Waals surface area contributed by atoms with Crippen LogP contribution in [0.1, 0.15) is 33.1 Å². The maximum absolute atomic E-state index is 12.0. The number of nitrogens with one attached hydrogen (secondary N) is 2. The van der Waals surface area contributed by atoms with Crippen molar-refractivity contribution in [2.24, 2.45) is 0 Å². The summed E-state index contributed by atoms with van der Waals surface area (Å²) in [6.45, 7) is 2.10. The molecule has 0 aliphatic rings. The van der Waals surface area contributed by atoms with Gasteiger partial charge in [0, 0.05) is 25.3 Å². The minimum atomic E-state index is -0.0630. The summed E-state index contributed by atoms with van der Waals surface area (Å²) < 4.78 is 0. The van der Waals surface area contributed by atoms with Gasteiger partial charge in [0.1, 0.15) is 0 Å². The fourth-order valence-corrected chi connectivity index (χ4v) is 3.39. The molecule has 0 aliphatic heterocycles. The van der Waals surface area contributed by atoms with Gasteiger partial charge in [-0.05, 0) is 60.1 Å². The Morgan fingerprint density at radius 1 is 0.897 bits per heavy atom. The average Bonchev–Trinajstić information content (AvgIpc) is 2.73. The summed E-state index contributed by atoms with van der Waals surface area (Å²) in [5.41, 5.74) is 4.98. The number of amides is 1. The van der Waals surface area contributed by atoms with Crippen LogP contribution >= 0.6 is 12.2 Å². The van der Waals surface area contributed by atoms with E-state index in [-0.39, 0.29) is 11.9 Å². The quantitative estimate of drug-likeness (QED) is 0.602. The highest BCUT2D eigenvalue weighted by atomic mass is 32.1. The van der Waals surface area contributed by atoms with Gasteiger partial charge in [-0.25, -0.2) is 0 Å². The molecule has 0 heterocycles. The van der Waals surface area contributed by atoms with E-state index in [1.165, 1.54) is 11.1 Å². The maximum atomic E-state index is 12.0. The van der Waals surface area contributed by atoms with Crippen LogP contribution in [0.25, 0.3) is 0 Å². The summed E-state index contributed by atoms with van der Waals surface area (Å²) in [5, 5.41) is 7.18. The Morgan fingerprint density at radius 2 is 1.52 bits per heavy atom. The van der Waals surface area contributed by atoms with E-state index in [0.29, 0.717) is 10.7 Å². The minimum absolute atomic E-state index is 0.0269. The van der Waals surface area contributed by atoms with Crippen LogP contribution in [-0.4, -0.2) is 30.0 Å². The lowest BCUT2D eigenvalue weighted by Gasteiger charge is -2.23. The molecule has 0 spiro atoms. The van der Waals surface area contributed by atoms with Crippen LogP contribution in [-0.2, 0) is 0 Å². The fourth-order valence-electron chi connectivity index (χ4n) is 3.15. The van der Waals surface area contributed by atoms with Crippen LogP contribution in [0.3, 0.4) is 0 Å². The molecule has 0 radical (unpaired) electrons. The van der Waals surface area contributed by atoms with Gasteiger partial charge in [-0.3, -0.25) is 4.79 Å². The largest absolute Gasteiger partial charge is 0.352 e. The van der Waals surface area contributed by atoms with Crippen molar-refractivity contribution in [1.82, 2.24) is 10.2 Å². The van der Waals surface area contributed by atoms with Crippen LogP contribution in [0.15, 0.2) is 78.9 Å². The number of aryl methyl sites for hydroxylation is 1. The zero-order chi connectivity index (χ0) is 20.8. The molecular formula is C24H25N3OS. The molecule has 1 amide bonds. The van der Waals surface area contributed by atoms with Gasteiger partial charge >= 0.3 is 0 Å². The molecule has 3 rings (SSSR count). The van der Waals surface area contributed by atoms with Gasteiger partial charge in [0.25, 0.3) is 5.91 Å². The Bertz CT molecular complexity index is 985. The van der Waals surface area contributed by atoms with Crippen LogP contribution in [0.5, 0.6) is 0 Å². The highest BCUT2D eigenvalue weighted by Crippen LogP contribution is 2.25. The topological polar surface area (TPSA) is 44.4 Å². The van der Waals surface area contributed by atoms with Crippen molar-refractivity contribution >= 4 is 28.9 Å². The third-order valence-electron chi connectivity index (χ3n) is 4.70.